The van der Waals surface area contributed by atoms with Gasteiger partial charge >= 0.3 is 0 Å². The molecule has 1 aliphatic rings. The highest BCUT2D eigenvalue weighted by Gasteiger charge is 2.35. The Balaban J connectivity index is 1.64. The van der Waals surface area contributed by atoms with Crippen LogP contribution in [0.2, 0.25) is 5.02 Å². The molecule has 0 spiro atoms. The molecule has 9 heteroatoms. The molecule has 1 fully saturated rings. The van der Waals surface area contributed by atoms with Gasteiger partial charge in [-0.2, -0.15) is 4.98 Å². The molecule has 0 radical (unpaired) electrons. The molecule has 0 aliphatic carbocycles. The maximum Gasteiger partial charge on any atom is 0.254 e. The van der Waals surface area contributed by atoms with Crippen LogP contribution in [0.4, 0.5) is 0 Å². The van der Waals surface area contributed by atoms with E-state index in [1.807, 2.05) is 18.2 Å². The normalized spacial score (nSPS) is 15.7. The third kappa shape index (κ3) is 3.90. The highest BCUT2D eigenvalue weighted by atomic mass is 35.5. The number of benzene rings is 2. The lowest BCUT2D eigenvalue weighted by Crippen LogP contribution is -2.30. The van der Waals surface area contributed by atoms with Crippen LogP contribution in [0.25, 0.3) is 11.4 Å². The van der Waals surface area contributed by atoms with Crippen LogP contribution in [0.1, 0.15) is 35.1 Å². The van der Waals surface area contributed by atoms with E-state index in [9.17, 15) is 4.79 Å². The molecule has 1 saturated heterocycles. The van der Waals surface area contributed by atoms with Gasteiger partial charge in [0, 0.05) is 17.7 Å². The fraction of sp³-hybridized carbons (Fsp3) is 0.318. The number of halogens is 1. The van der Waals surface area contributed by atoms with E-state index in [4.69, 9.17) is 30.3 Å². The smallest absolute Gasteiger partial charge is 0.254 e. The monoisotopic (exact) mass is 443 g/mol. The van der Waals surface area contributed by atoms with Crippen molar-refractivity contribution in [1.29, 1.82) is 0 Å². The molecule has 0 unspecified atom stereocenters. The summed E-state index contributed by atoms with van der Waals surface area (Å²) in [6, 6.07) is 10.2. The first kappa shape index (κ1) is 21.0. The summed E-state index contributed by atoms with van der Waals surface area (Å²) in [5.74, 6) is 1.86. The number of hydrogen-bond donors (Lipinski definition) is 0. The standard InChI is InChI=1S/C22H22ClN3O5/c1-28-17-11-13(12-18(29-2)19(17)30-3)22(27)26-10-6-9-16(26)21-24-20(25-31-21)14-7-4-5-8-15(14)23/h4-5,7-8,11-12,16H,6,9-10H2,1-3H3/t16-/m0/s1. The second kappa shape index (κ2) is 8.85. The highest BCUT2D eigenvalue weighted by molar-refractivity contribution is 6.33. The van der Waals surface area contributed by atoms with Crippen molar-refractivity contribution in [2.75, 3.05) is 27.9 Å². The van der Waals surface area contributed by atoms with Gasteiger partial charge in [0.1, 0.15) is 6.04 Å². The molecule has 0 N–H and O–H groups in total. The molecule has 1 aliphatic heterocycles. The topological polar surface area (TPSA) is 86.9 Å². The summed E-state index contributed by atoms with van der Waals surface area (Å²) >= 11 is 6.25. The van der Waals surface area contributed by atoms with Crippen LogP contribution < -0.4 is 14.2 Å². The number of methoxy groups -OCH3 is 3. The van der Waals surface area contributed by atoms with Crippen LogP contribution in [-0.4, -0.2) is 48.8 Å². The van der Waals surface area contributed by atoms with Gasteiger partial charge in [-0.25, -0.2) is 0 Å². The molecule has 8 nitrogen and oxygen atoms in total. The first-order valence-electron chi connectivity index (χ1n) is 9.76. The van der Waals surface area contributed by atoms with Crippen molar-refractivity contribution in [3.8, 4) is 28.6 Å². The zero-order valence-corrected chi connectivity index (χ0v) is 18.2. The number of aromatic nitrogens is 2. The van der Waals surface area contributed by atoms with Crippen LogP contribution >= 0.6 is 11.6 Å². The molecule has 1 amide bonds. The molecular weight excluding hydrogens is 422 g/mol. The van der Waals surface area contributed by atoms with Crippen molar-refractivity contribution in [1.82, 2.24) is 15.0 Å². The molecule has 0 bridgehead atoms. The Kier molecular flexibility index (Phi) is 5.99. The van der Waals surface area contributed by atoms with Gasteiger partial charge in [0.2, 0.25) is 17.5 Å². The number of likely N-dealkylation sites (tertiary alicyclic amines) is 1. The van der Waals surface area contributed by atoms with Gasteiger partial charge in [-0.05, 0) is 37.1 Å². The number of hydrogen-bond acceptors (Lipinski definition) is 7. The predicted molar refractivity (Wildman–Crippen MR) is 114 cm³/mol. The molecule has 2 heterocycles. The molecule has 1 atom stereocenters. The Morgan fingerprint density at radius 3 is 2.48 bits per heavy atom. The van der Waals surface area contributed by atoms with Crippen molar-refractivity contribution in [2.45, 2.75) is 18.9 Å². The summed E-state index contributed by atoms with van der Waals surface area (Å²) in [4.78, 5) is 19.6. The predicted octanol–water partition coefficient (Wildman–Crippen LogP) is 4.39. The first-order chi connectivity index (χ1) is 15.1. The van der Waals surface area contributed by atoms with Crippen molar-refractivity contribution < 1.29 is 23.5 Å². The van der Waals surface area contributed by atoms with Crippen LogP contribution in [0, 0.1) is 0 Å². The summed E-state index contributed by atoms with van der Waals surface area (Å²) in [6.07, 6.45) is 1.55. The van der Waals surface area contributed by atoms with Gasteiger partial charge in [0.25, 0.3) is 5.91 Å². The third-order valence-electron chi connectivity index (χ3n) is 5.27. The minimum absolute atomic E-state index is 0.181. The van der Waals surface area contributed by atoms with E-state index >= 15 is 0 Å². The Hall–Kier alpha value is -3.26. The number of carbonyl (C=O) groups is 1. The number of rotatable bonds is 6. The lowest BCUT2D eigenvalue weighted by molar-refractivity contribution is 0.0709. The second-order valence-electron chi connectivity index (χ2n) is 7.01. The second-order valence-corrected chi connectivity index (χ2v) is 7.41. The molecule has 162 valence electrons. The average Bonchev–Trinajstić information content (AvgIpc) is 3.47. The average molecular weight is 444 g/mol. The molecule has 0 saturated carbocycles. The van der Waals surface area contributed by atoms with Gasteiger partial charge in [-0.15, -0.1) is 0 Å². The zero-order chi connectivity index (χ0) is 22.0. The first-order valence-corrected chi connectivity index (χ1v) is 10.1. The minimum Gasteiger partial charge on any atom is -0.493 e. The van der Waals surface area contributed by atoms with Gasteiger partial charge < -0.3 is 23.6 Å². The van der Waals surface area contributed by atoms with E-state index in [0.29, 0.717) is 51.7 Å². The van der Waals surface area contributed by atoms with E-state index in [1.54, 1.807) is 23.1 Å². The Labute approximate surface area is 184 Å². The summed E-state index contributed by atoms with van der Waals surface area (Å²) in [6.45, 7) is 0.573. The van der Waals surface area contributed by atoms with Crippen molar-refractivity contribution in [2.24, 2.45) is 0 Å². The molecule has 4 rings (SSSR count). The highest BCUT2D eigenvalue weighted by Crippen LogP contribution is 2.40. The van der Waals surface area contributed by atoms with Crippen LogP contribution in [0.15, 0.2) is 40.9 Å². The molecule has 3 aromatic rings. The summed E-state index contributed by atoms with van der Waals surface area (Å²) < 4.78 is 21.6. The van der Waals surface area contributed by atoms with E-state index in [0.717, 1.165) is 12.8 Å². The fourth-order valence-corrected chi connectivity index (χ4v) is 3.98. The lowest BCUT2D eigenvalue weighted by Gasteiger charge is -2.23. The summed E-state index contributed by atoms with van der Waals surface area (Å²) in [5, 5.41) is 4.60. The van der Waals surface area contributed by atoms with Gasteiger partial charge in [-0.3, -0.25) is 4.79 Å². The SMILES string of the molecule is COc1cc(C(=O)N2CCC[C@H]2c2nc(-c3ccccc3Cl)no2)cc(OC)c1OC. The van der Waals surface area contributed by atoms with E-state index < -0.39 is 0 Å². The summed E-state index contributed by atoms with van der Waals surface area (Å²) in [7, 11) is 4.54. The molecule has 1 aromatic heterocycles. The maximum absolute atomic E-state index is 13.4. The quantitative estimate of drug-likeness (QED) is 0.558. The Morgan fingerprint density at radius 1 is 1.13 bits per heavy atom. The van der Waals surface area contributed by atoms with Crippen molar-refractivity contribution in [3.05, 3.63) is 52.9 Å². The van der Waals surface area contributed by atoms with Crippen molar-refractivity contribution in [3.63, 3.8) is 0 Å². The fourth-order valence-electron chi connectivity index (χ4n) is 3.76. The van der Waals surface area contributed by atoms with Crippen molar-refractivity contribution >= 4 is 17.5 Å². The van der Waals surface area contributed by atoms with Crippen LogP contribution in [0.3, 0.4) is 0 Å². The van der Waals surface area contributed by atoms with Gasteiger partial charge in [-0.1, -0.05) is 28.9 Å². The van der Waals surface area contributed by atoms with E-state index in [-0.39, 0.29) is 11.9 Å². The molecule has 31 heavy (non-hydrogen) atoms. The largest absolute Gasteiger partial charge is 0.493 e. The number of nitrogens with zero attached hydrogens (tertiary/aromatic N) is 3. The number of ether oxygens (including phenoxy) is 3. The van der Waals surface area contributed by atoms with Gasteiger partial charge in [0.15, 0.2) is 11.5 Å². The third-order valence-corrected chi connectivity index (χ3v) is 5.60. The minimum atomic E-state index is -0.324. The molecular formula is C22H22ClN3O5. The molecule has 2 aromatic carbocycles. The Morgan fingerprint density at radius 2 is 1.84 bits per heavy atom. The zero-order valence-electron chi connectivity index (χ0n) is 17.4. The van der Waals surface area contributed by atoms with E-state index in [2.05, 4.69) is 10.1 Å². The summed E-state index contributed by atoms with van der Waals surface area (Å²) in [5.41, 5.74) is 1.10. The van der Waals surface area contributed by atoms with E-state index in [1.165, 1.54) is 21.3 Å². The van der Waals surface area contributed by atoms with Crippen LogP contribution in [0.5, 0.6) is 17.2 Å². The number of amides is 1. The Bertz CT molecular complexity index is 1080. The number of carbonyl (C=O) groups excluding carboxylic acids is 1. The lowest BCUT2D eigenvalue weighted by atomic mass is 10.1. The van der Waals surface area contributed by atoms with Crippen LogP contribution in [-0.2, 0) is 0 Å². The maximum atomic E-state index is 13.4. The van der Waals surface area contributed by atoms with Gasteiger partial charge in [0.05, 0.1) is 26.4 Å².